The van der Waals surface area contributed by atoms with Crippen molar-refractivity contribution in [3.8, 4) is 5.75 Å². The molecular formula is C15H14F6N2O2. The van der Waals surface area contributed by atoms with Gasteiger partial charge in [0.25, 0.3) is 0 Å². The van der Waals surface area contributed by atoms with E-state index >= 15 is 0 Å². The van der Waals surface area contributed by atoms with Gasteiger partial charge < -0.3 is 4.74 Å². The fraction of sp³-hybridized carbons (Fsp3) is 0.467. The summed E-state index contributed by atoms with van der Waals surface area (Å²) in [7, 11) is 0. The Morgan fingerprint density at radius 3 is 2.32 bits per heavy atom. The normalized spacial score (nSPS) is 12.6. The van der Waals surface area contributed by atoms with Crippen molar-refractivity contribution in [1.29, 1.82) is 0 Å². The first-order valence-corrected chi connectivity index (χ1v) is 7.25. The standard InChI is InChI=1S/C15H14F6N2O2/c1-9(24)10-8-22-23-11(10)2-3-13(25-7-6-15(19,20)21)12(23)4-5-14(16,17)18/h2-3,8H,4-7H2,1H3. The number of nitrogens with zero attached hydrogens (tertiary/aromatic N) is 2. The molecule has 0 radical (unpaired) electrons. The van der Waals surface area contributed by atoms with Gasteiger partial charge in [0.2, 0.25) is 0 Å². The second-order valence-corrected chi connectivity index (χ2v) is 5.38. The molecule has 0 amide bonds. The highest BCUT2D eigenvalue weighted by atomic mass is 19.4. The Kier molecular flexibility index (Phi) is 5.28. The number of halogens is 6. The van der Waals surface area contributed by atoms with Crippen LogP contribution in [0.4, 0.5) is 26.3 Å². The van der Waals surface area contributed by atoms with Crippen molar-refractivity contribution in [1.82, 2.24) is 9.61 Å². The van der Waals surface area contributed by atoms with Crippen LogP contribution in [0.2, 0.25) is 0 Å². The van der Waals surface area contributed by atoms with Crippen LogP contribution in [-0.4, -0.2) is 34.4 Å². The first kappa shape index (κ1) is 19.1. The molecule has 0 aliphatic heterocycles. The van der Waals surface area contributed by atoms with E-state index in [-0.39, 0.29) is 28.3 Å². The number of carbonyl (C=O) groups excluding carboxylic acids is 1. The minimum atomic E-state index is -4.46. The van der Waals surface area contributed by atoms with Gasteiger partial charge >= 0.3 is 12.4 Å². The zero-order chi connectivity index (χ0) is 18.8. The molecular weight excluding hydrogens is 354 g/mol. The van der Waals surface area contributed by atoms with Crippen molar-refractivity contribution in [3.05, 3.63) is 29.6 Å². The molecule has 138 valence electrons. The number of fused-ring (bicyclic) bond motifs is 1. The Balaban J connectivity index is 2.36. The number of Topliss-reactive ketones (excluding diaryl/α,β-unsaturated/α-hetero) is 1. The number of aryl methyl sites for hydroxylation is 1. The van der Waals surface area contributed by atoms with E-state index in [9.17, 15) is 31.1 Å². The molecule has 0 aromatic carbocycles. The Morgan fingerprint density at radius 2 is 1.76 bits per heavy atom. The summed E-state index contributed by atoms with van der Waals surface area (Å²) in [6, 6.07) is 2.63. The number of aromatic nitrogens is 2. The lowest BCUT2D eigenvalue weighted by Crippen LogP contribution is -2.15. The Bertz CT molecular complexity index is 764. The molecule has 10 heteroatoms. The van der Waals surface area contributed by atoms with Crippen molar-refractivity contribution in [3.63, 3.8) is 0 Å². The van der Waals surface area contributed by atoms with E-state index in [1.807, 2.05) is 0 Å². The van der Waals surface area contributed by atoms with Crippen LogP contribution in [0.5, 0.6) is 5.75 Å². The summed E-state index contributed by atoms with van der Waals surface area (Å²) < 4.78 is 80.4. The van der Waals surface area contributed by atoms with Crippen molar-refractivity contribution >= 4 is 11.3 Å². The van der Waals surface area contributed by atoms with Gasteiger partial charge in [0, 0.05) is 12.8 Å². The van der Waals surface area contributed by atoms with E-state index in [0.717, 1.165) is 4.52 Å². The highest BCUT2D eigenvalue weighted by Gasteiger charge is 2.29. The minimum Gasteiger partial charge on any atom is -0.491 e. The molecule has 0 spiro atoms. The van der Waals surface area contributed by atoms with Gasteiger partial charge in [-0.15, -0.1) is 0 Å². The van der Waals surface area contributed by atoms with Crippen LogP contribution in [0.15, 0.2) is 18.3 Å². The molecule has 0 aliphatic rings. The summed E-state index contributed by atoms with van der Waals surface area (Å²) in [6.07, 6.45) is -10.7. The van der Waals surface area contributed by atoms with Crippen LogP contribution < -0.4 is 4.74 Å². The lowest BCUT2D eigenvalue weighted by Gasteiger charge is -2.15. The third-order valence-corrected chi connectivity index (χ3v) is 3.41. The monoisotopic (exact) mass is 368 g/mol. The van der Waals surface area contributed by atoms with E-state index in [4.69, 9.17) is 4.74 Å². The number of pyridine rings is 1. The summed E-state index contributed by atoms with van der Waals surface area (Å²) in [5.41, 5.74) is 0.437. The van der Waals surface area contributed by atoms with Crippen LogP contribution in [0.25, 0.3) is 5.52 Å². The number of hydrogen-bond donors (Lipinski definition) is 0. The molecule has 2 rings (SSSR count). The largest absolute Gasteiger partial charge is 0.491 e. The van der Waals surface area contributed by atoms with Crippen molar-refractivity contribution in [2.45, 2.75) is 38.5 Å². The molecule has 0 bridgehead atoms. The van der Waals surface area contributed by atoms with Crippen LogP contribution in [0.1, 0.15) is 35.8 Å². The molecule has 4 nitrogen and oxygen atoms in total. The molecule has 2 aromatic heterocycles. The fourth-order valence-corrected chi connectivity index (χ4v) is 2.26. The molecule has 0 saturated heterocycles. The number of rotatable bonds is 6. The number of ketones is 1. The van der Waals surface area contributed by atoms with Gasteiger partial charge in [-0.05, 0) is 19.1 Å². The Labute approximate surface area is 138 Å². The van der Waals surface area contributed by atoms with E-state index in [1.165, 1.54) is 25.3 Å². The molecule has 0 N–H and O–H groups in total. The zero-order valence-electron chi connectivity index (χ0n) is 13.0. The van der Waals surface area contributed by atoms with Crippen molar-refractivity contribution < 1.29 is 35.9 Å². The number of alkyl halides is 6. The first-order chi connectivity index (χ1) is 11.5. The third-order valence-electron chi connectivity index (χ3n) is 3.41. The fourth-order valence-electron chi connectivity index (χ4n) is 2.26. The van der Waals surface area contributed by atoms with Crippen molar-refractivity contribution in [2.75, 3.05) is 6.61 Å². The van der Waals surface area contributed by atoms with Gasteiger partial charge in [-0.1, -0.05) is 0 Å². The molecule has 0 fully saturated rings. The van der Waals surface area contributed by atoms with E-state index < -0.39 is 38.2 Å². The van der Waals surface area contributed by atoms with E-state index in [1.54, 1.807) is 0 Å². The highest BCUT2D eigenvalue weighted by Crippen LogP contribution is 2.29. The maximum Gasteiger partial charge on any atom is 0.392 e. The molecule has 0 aliphatic carbocycles. The molecule has 0 unspecified atom stereocenters. The molecule has 2 heterocycles. The summed E-state index contributed by atoms with van der Waals surface area (Å²) in [5, 5.41) is 3.88. The predicted molar refractivity (Wildman–Crippen MR) is 75.7 cm³/mol. The predicted octanol–water partition coefficient (Wildman–Crippen LogP) is 4.36. The highest BCUT2D eigenvalue weighted by molar-refractivity contribution is 6.00. The smallest absolute Gasteiger partial charge is 0.392 e. The zero-order valence-corrected chi connectivity index (χ0v) is 13.0. The van der Waals surface area contributed by atoms with Gasteiger partial charge in [-0.25, -0.2) is 4.52 Å². The topological polar surface area (TPSA) is 43.6 Å². The number of carbonyl (C=O) groups is 1. The SMILES string of the molecule is CC(=O)c1cnn2c(CCC(F)(F)F)c(OCCC(F)(F)F)ccc12. The maximum atomic E-state index is 12.5. The van der Waals surface area contributed by atoms with Gasteiger partial charge in [0.05, 0.1) is 36.0 Å². The Hall–Kier alpha value is -2.26. The summed E-state index contributed by atoms with van der Waals surface area (Å²) in [4.78, 5) is 11.5. The lowest BCUT2D eigenvalue weighted by atomic mass is 10.1. The third kappa shape index (κ3) is 5.10. The maximum absolute atomic E-state index is 12.5. The first-order valence-electron chi connectivity index (χ1n) is 7.25. The van der Waals surface area contributed by atoms with E-state index in [0.29, 0.717) is 0 Å². The van der Waals surface area contributed by atoms with Crippen LogP contribution in [0.3, 0.4) is 0 Å². The van der Waals surface area contributed by atoms with Gasteiger partial charge in [0.15, 0.2) is 5.78 Å². The Morgan fingerprint density at radius 1 is 1.12 bits per heavy atom. The summed E-state index contributed by atoms with van der Waals surface area (Å²) >= 11 is 0. The second kappa shape index (κ2) is 6.93. The molecule has 2 aromatic rings. The van der Waals surface area contributed by atoms with Crippen LogP contribution in [-0.2, 0) is 6.42 Å². The van der Waals surface area contributed by atoms with E-state index in [2.05, 4.69) is 5.10 Å². The lowest BCUT2D eigenvalue weighted by molar-refractivity contribution is -0.139. The molecule has 0 saturated carbocycles. The minimum absolute atomic E-state index is 0.0375. The molecule has 0 atom stereocenters. The second-order valence-electron chi connectivity index (χ2n) is 5.38. The average molecular weight is 368 g/mol. The van der Waals surface area contributed by atoms with Gasteiger partial charge in [0.1, 0.15) is 5.75 Å². The summed E-state index contributed by atoms with van der Waals surface area (Å²) in [6.45, 7) is 0.551. The average Bonchev–Trinajstić information content (AvgIpc) is 2.87. The van der Waals surface area contributed by atoms with Crippen LogP contribution >= 0.6 is 0 Å². The summed E-state index contributed by atoms with van der Waals surface area (Å²) in [5.74, 6) is -0.457. The van der Waals surface area contributed by atoms with Gasteiger partial charge in [-0.3, -0.25) is 4.79 Å². The van der Waals surface area contributed by atoms with Gasteiger partial charge in [-0.2, -0.15) is 31.4 Å². The molecule has 25 heavy (non-hydrogen) atoms. The number of hydrogen-bond acceptors (Lipinski definition) is 3. The van der Waals surface area contributed by atoms with Crippen LogP contribution in [0, 0.1) is 0 Å². The van der Waals surface area contributed by atoms with Crippen molar-refractivity contribution in [2.24, 2.45) is 0 Å². The quantitative estimate of drug-likeness (QED) is 0.562. The number of ether oxygens (including phenoxy) is 1.